The fourth-order valence-electron chi connectivity index (χ4n) is 2.11. The summed E-state index contributed by atoms with van der Waals surface area (Å²) in [6.07, 6.45) is 3.35. The van der Waals surface area contributed by atoms with Gasteiger partial charge in [0, 0.05) is 5.69 Å². The van der Waals surface area contributed by atoms with Crippen LogP contribution in [-0.4, -0.2) is 36.2 Å². The number of hydrogen-bond acceptors (Lipinski definition) is 5. The number of carboxylic acids is 1. The summed E-state index contributed by atoms with van der Waals surface area (Å²) in [5, 5.41) is 10.9. The third kappa shape index (κ3) is 7.00. The van der Waals surface area contributed by atoms with Crippen LogP contribution < -0.4 is 11.1 Å². The summed E-state index contributed by atoms with van der Waals surface area (Å²) in [6.45, 7) is 6.35. The Hall–Kier alpha value is -2.08. The second-order valence-electron chi connectivity index (χ2n) is 6.00. The SMILES string of the molecule is CCc1cccc(C)c1N[C@@H](C)C(=O)OCC1CC1.NCC(=O)O. The first kappa shape index (κ1) is 20.0. The highest BCUT2D eigenvalue weighted by Crippen LogP contribution is 2.29. The largest absolute Gasteiger partial charge is 0.480 e. The third-order valence-corrected chi connectivity index (χ3v) is 3.79. The van der Waals surface area contributed by atoms with Gasteiger partial charge < -0.3 is 20.9 Å². The summed E-state index contributed by atoms with van der Waals surface area (Å²) in [7, 11) is 0. The summed E-state index contributed by atoms with van der Waals surface area (Å²) >= 11 is 0. The van der Waals surface area contributed by atoms with Crippen LogP contribution in [-0.2, 0) is 20.7 Å². The van der Waals surface area contributed by atoms with Crippen LogP contribution in [0.25, 0.3) is 0 Å². The topological polar surface area (TPSA) is 102 Å². The van der Waals surface area contributed by atoms with Gasteiger partial charge in [-0.2, -0.15) is 0 Å². The van der Waals surface area contributed by atoms with Gasteiger partial charge in [0.1, 0.15) is 6.04 Å². The Balaban J connectivity index is 0.000000505. The molecule has 1 aromatic rings. The third-order valence-electron chi connectivity index (χ3n) is 3.79. The molecule has 0 bridgehead atoms. The fraction of sp³-hybridized carbons (Fsp3) is 0.556. The minimum absolute atomic E-state index is 0.155. The van der Waals surface area contributed by atoms with E-state index in [4.69, 9.17) is 9.84 Å². The van der Waals surface area contributed by atoms with Gasteiger partial charge in [0.25, 0.3) is 0 Å². The molecule has 6 heteroatoms. The van der Waals surface area contributed by atoms with Crippen LogP contribution in [0.2, 0.25) is 0 Å². The number of hydrogen-bond donors (Lipinski definition) is 3. The number of para-hydroxylation sites is 1. The molecule has 24 heavy (non-hydrogen) atoms. The second-order valence-corrected chi connectivity index (χ2v) is 6.00. The van der Waals surface area contributed by atoms with Crippen molar-refractivity contribution < 1.29 is 19.4 Å². The highest BCUT2D eigenvalue weighted by molar-refractivity contribution is 5.79. The molecule has 6 nitrogen and oxygen atoms in total. The van der Waals surface area contributed by atoms with Gasteiger partial charge in [-0.1, -0.05) is 25.1 Å². The molecule has 1 fully saturated rings. The first-order valence-corrected chi connectivity index (χ1v) is 8.32. The summed E-state index contributed by atoms with van der Waals surface area (Å²) < 4.78 is 5.31. The van der Waals surface area contributed by atoms with E-state index in [1.807, 2.05) is 6.92 Å². The predicted molar refractivity (Wildman–Crippen MR) is 94.0 cm³/mol. The lowest BCUT2D eigenvalue weighted by Crippen LogP contribution is -2.29. The number of esters is 1. The predicted octanol–water partition coefficient (Wildman–Crippen LogP) is 2.34. The Kier molecular flexibility index (Phi) is 8.26. The lowest BCUT2D eigenvalue weighted by atomic mass is 10.1. The van der Waals surface area contributed by atoms with E-state index in [1.165, 1.54) is 24.0 Å². The fourth-order valence-corrected chi connectivity index (χ4v) is 2.11. The maximum atomic E-state index is 11.9. The smallest absolute Gasteiger partial charge is 0.328 e. The van der Waals surface area contributed by atoms with Gasteiger partial charge in [-0.25, -0.2) is 4.79 Å². The number of aryl methyl sites for hydroxylation is 2. The molecule has 0 unspecified atom stereocenters. The quantitative estimate of drug-likeness (QED) is 0.661. The maximum absolute atomic E-state index is 11.9. The molecular weight excluding hydrogens is 308 g/mol. The monoisotopic (exact) mass is 336 g/mol. The number of nitrogens with one attached hydrogen (secondary N) is 1. The molecule has 134 valence electrons. The number of ether oxygens (including phenoxy) is 1. The van der Waals surface area contributed by atoms with Gasteiger partial charge in [0.05, 0.1) is 13.2 Å². The molecule has 1 aliphatic rings. The van der Waals surface area contributed by atoms with Crippen molar-refractivity contribution in [2.45, 2.75) is 46.1 Å². The van der Waals surface area contributed by atoms with Crippen molar-refractivity contribution in [3.63, 3.8) is 0 Å². The number of carbonyl (C=O) groups is 2. The molecule has 1 atom stereocenters. The summed E-state index contributed by atoms with van der Waals surface area (Å²) in [6, 6.07) is 5.90. The summed E-state index contributed by atoms with van der Waals surface area (Å²) in [5.74, 6) is -0.511. The number of carbonyl (C=O) groups excluding carboxylic acids is 1. The van der Waals surface area contributed by atoms with E-state index in [2.05, 4.69) is 43.1 Å². The van der Waals surface area contributed by atoms with Crippen molar-refractivity contribution >= 4 is 17.6 Å². The Bertz CT molecular complexity index is 556. The van der Waals surface area contributed by atoms with Gasteiger partial charge in [0.15, 0.2) is 0 Å². The average Bonchev–Trinajstić information content (AvgIpc) is 3.39. The molecule has 0 aliphatic heterocycles. The lowest BCUT2D eigenvalue weighted by Gasteiger charge is -2.18. The number of carboxylic acid groups (broad SMARTS) is 1. The first-order valence-electron chi connectivity index (χ1n) is 8.32. The van der Waals surface area contributed by atoms with Crippen molar-refractivity contribution in [3.05, 3.63) is 29.3 Å². The zero-order chi connectivity index (χ0) is 18.1. The van der Waals surface area contributed by atoms with Crippen LogP contribution in [0, 0.1) is 12.8 Å². The normalized spacial score (nSPS) is 14.2. The Labute approximate surface area is 143 Å². The minimum Gasteiger partial charge on any atom is -0.480 e. The molecule has 0 radical (unpaired) electrons. The summed E-state index contributed by atoms with van der Waals surface area (Å²) in [5.41, 5.74) is 8.05. The van der Waals surface area contributed by atoms with Crippen molar-refractivity contribution in [2.75, 3.05) is 18.5 Å². The van der Waals surface area contributed by atoms with Crippen LogP contribution >= 0.6 is 0 Å². The average molecular weight is 336 g/mol. The van der Waals surface area contributed by atoms with Crippen molar-refractivity contribution in [3.8, 4) is 0 Å². The second kappa shape index (κ2) is 9.93. The van der Waals surface area contributed by atoms with E-state index in [0.717, 1.165) is 12.1 Å². The summed E-state index contributed by atoms with van der Waals surface area (Å²) in [4.78, 5) is 21.1. The number of benzene rings is 1. The molecule has 0 saturated heterocycles. The first-order chi connectivity index (χ1) is 11.4. The zero-order valence-electron chi connectivity index (χ0n) is 14.7. The van der Waals surface area contributed by atoms with Gasteiger partial charge in [0.2, 0.25) is 0 Å². The molecule has 2 rings (SSSR count). The molecule has 1 aliphatic carbocycles. The maximum Gasteiger partial charge on any atom is 0.328 e. The highest BCUT2D eigenvalue weighted by Gasteiger charge is 2.24. The molecule has 1 aromatic carbocycles. The molecule has 4 N–H and O–H groups in total. The minimum atomic E-state index is -0.968. The molecule has 0 amide bonds. The van der Waals surface area contributed by atoms with E-state index < -0.39 is 5.97 Å². The number of nitrogens with two attached hydrogens (primary N) is 1. The van der Waals surface area contributed by atoms with Gasteiger partial charge in [-0.15, -0.1) is 0 Å². The number of aliphatic carboxylic acids is 1. The Morgan fingerprint density at radius 1 is 1.42 bits per heavy atom. The van der Waals surface area contributed by atoms with Gasteiger partial charge >= 0.3 is 11.9 Å². The highest BCUT2D eigenvalue weighted by atomic mass is 16.5. The molecular formula is C18H28N2O4. The van der Waals surface area contributed by atoms with Crippen LogP contribution in [0.1, 0.15) is 37.8 Å². The Morgan fingerprint density at radius 3 is 2.54 bits per heavy atom. The number of rotatable bonds is 7. The van der Waals surface area contributed by atoms with Crippen molar-refractivity contribution in [1.29, 1.82) is 0 Å². The van der Waals surface area contributed by atoms with E-state index in [0.29, 0.717) is 12.5 Å². The van der Waals surface area contributed by atoms with Crippen LogP contribution in [0.15, 0.2) is 18.2 Å². The van der Waals surface area contributed by atoms with Crippen molar-refractivity contribution in [1.82, 2.24) is 0 Å². The number of anilines is 1. The molecule has 0 spiro atoms. The van der Waals surface area contributed by atoms with E-state index in [-0.39, 0.29) is 18.6 Å². The van der Waals surface area contributed by atoms with E-state index in [9.17, 15) is 9.59 Å². The lowest BCUT2D eigenvalue weighted by molar-refractivity contribution is -0.144. The molecule has 0 aromatic heterocycles. The molecule has 0 heterocycles. The Morgan fingerprint density at radius 2 is 2.04 bits per heavy atom. The standard InChI is InChI=1S/C16H23NO2.C2H5NO2/c1-4-14-7-5-6-11(2)15(14)17-12(3)16(18)19-10-13-8-9-13;3-1-2(4)5/h5-7,12-13,17H,4,8-10H2,1-3H3;1,3H2,(H,4,5)/t12-;/m0./s1. The van der Waals surface area contributed by atoms with E-state index >= 15 is 0 Å². The van der Waals surface area contributed by atoms with Gasteiger partial charge in [-0.05, 0) is 50.2 Å². The van der Waals surface area contributed by atoms with Crippen LogP contribution in [0.5, 0.6) is 0 Å². The zero-order valence-corrected chi connectivity index (χ0v) is 14.7. The van der Waals surface area contributed by atoms with E-state index in [1.54, 1.807) is 0 Å². The van der Waals surface area contributed by atoms with Crippen LogP contribution in [0.3, 0.4) is 0 Å². The van der Waals surface area contributed by atoms with Crippen molar-refractivity contribution in [2.24, 2.45) is 11.7 Å². The molecule has 1 saturated carbocycles. The van der Waals surface area contributed by atoms with Crippen LogP contribution in [0.4, 0.5) is 5.69 Å². The van der Waals surface area contributed by atoms with Gasteiger partial charge in [-0.3, -0.25) is 4.79 Å².